The van der Waals surface area contributed by atoms with Crippen LogP contribution in [0.5, 0.6) is 0 Å². The fourth-order valence-corrected chi connectivity index (χ4v) is 5.24. The molecule has 1 aliphatic rings. The van der Waals surface area contributed by atoms with E-state index in [1.54, 1.807) is 25.5 Å². The lowest BCUT2D eigenvalue weighted by molar-refractivity contribution is 0.316. The standard InChI is InChI=1S/C22H24FN5O2S/c1-15-3-4-19(13-20(15)23)31(29,30)28-9-5-17(6-10-28)21-12-18(11-16(2)26-21)27-22-14-24-7-8-25-22/h3-4,7-8,11-14,17H,5-6,9-10H2,1-2H3,(H,25,26,27). The van der Waals surface area contributed by atoms with Gasteiger partial charge in [-0.3, -0.25) is 9.97 Å². The van der Waals surface area contributed by atoms with Gasteiger partial charge in [0.05, 0.1) is 11.1 Å². The number of aromatic nitrogens is 3. The fourth-order valence-electron chi connectivity index (χ4n) is 3.76. The number of benzene rings is 1. The van der Waals surface area contributed by atoms with Crippen molar-refractivity contribution in [2.75, 3.05) is 18.4 Å². The largest absolute Gasteiger partial charge is 0.339 e. The summed E-state index contributed by atoms with van der Waals surface area (Å²) in [5.74, 6) is 0.275. The first kappa shape index (κ1) is 21.3. The highest BCUT2D eigenvalue weighted by atomic mass is 32.2. The molecule has 2 aromatic heterocycles. The zero-order valence-electron chi connectivity index (χ0n) is 17.4. The average molecular weight is 442 g/mol. The van der Waals surface area contributed by atoms with Crippen LogP contribution < -0.4 is 5.32 Å². The molecular weight excluding hydrogens is 417 g/mol. The minimum absolute atomic E-state index is 0.00168. The van der Waals surface area contributed by atoms with Gasteiger partial charge >= 0.3 is 0 Å². The SMILES string of the molecule is Cc1cc(Nc2cnccn2)cc(C2CCN(S(=O)(=O)c3ccc(C)c(F)c3)CC2)n1. The van der Waals surface area contributed by atoms with Crippen molar-refractivity contribution in [3.63, 3.8) is 0 Å². The lowest BCUT2D eigenvalue weighted by Crippen LogP contribution is -2.38. The number of anilines is 2. The van der Waals surface area contributed by atoms with E-state index in [1.165, 1.54) is 16.4 Å². The van der Waals surface area contributed by atoms with Gasteiger partial charge in [-0.1, -0.05) is 6.07 Å². The molecule has 4 rings (SSSR count). The third kappa shape index (κ3) is 4.72. The van der Waals surface area contributed by atoms with E-state index in [9.17, 15) is 12.8 Å². The van der Waals surface area contributed by atoms with E-state index in [0.29, 0.717) is 37.3 Å². The lowest BCUT2D eigenvalue weighted by Gasteiger charge is -2.31. The van der Waals surface area contributed by atoms with E-state index in [4.69, 9.17) is 0 Å². The molecule has 9 heteroatoms. The Bertz CT molecular complexity index is 1180. The summed E-state index contributed by atoms with van der Waals surface area (Å²) in [6, 6.07) is 7.97. The van der Waals surface area contributed by atoms with Crippen LogP contribution in [0.3, 0.4) is 0 Å². The fraction of sp³-hybridized carbons (Fsp3) is 0.318. The first-order chi connectivity index (χ1) is 14.8. The average Bonchev–Trinajstić information content (AvgIpc) is 2.76. The van der Waals surface area contributed by atoms with Gasteiger partial charge in [-0.15, -0.1) is 0 Å². The first-order valence-corrected chi connectivity index (χ1v) is 11.5. The summed E-state index contributed by atoms with van der Waals surface area (Å²) in [6.45, 7) is 4.27. The Hall–Kier alpha value is -2.91. The van der Waals surface area contributed by atoms with Gasteiger partial charge in [-0.2, -0.15) is 4.31 Å². The predicted octanol–water partition coefficient (Wildman–Crippen LogP) is 3.94. The quantitative estimate of drug-likeness (QED) is 0.645. The Morgan fingerprint density at radius 3 is 2.55 bits per heavy atom. The van der Waals surface area contributed by atoms with Crippen molar-refractivity contribution < 1.29 is 12.8 Å². The molecule has 1 aliphatic heterocycles. The molecule has 31 heavy (non-hydrogen) atoms. The Labute approximate surface area is 181 Å². The summed E-state index contributed by atoms with van der Waals surface area (Å²) in [7, 11) is -3.72. The number of hydrogen-bond acceptors (Lipinski definition) is 6. The molecule has 1 saturated heterocycles. The number of halogens is 1. The maximum atomic E-state index is 13.9. The second-order valence-electron chi connectivity index (χ2n) is 7.73. The highest BCUT2D eigenvalue weighted by Gasteiger charge is 2.31. The number of nitrogens with one attached hydrogen (secondary N) is 1. The molecular formula is C22H24FN5O2S. The highest BCUT2D eigenvalue weighted by Crippen LogP contribution is 2.32. The molecule has 0 saturated carbocycles. The van der Waals surface area contributed by atoms with Crippen LogP contribution in [0.25, 0.3) is 0 Å². The van der Waals surface area contributed by atoms with Gasteiger partial charge in [-0.05, 0) is 56.5 Å². The van der Waals surface area contributed by atoms with Crippen molar-refractivity contribution in [1.29, 1.82) is 0 Å². The monoisotopic (exact) mass is 441 g/mol. The molecule has 0 spiro atoms. The maximum Gasteiger partial charge on any atom is 0.243 e. The number of pyridine rings is 1. The van der Waals surface area contributed by atoms with E-state index < -0.39 is 15.8 Å². The summed E-state index contributed by atoms with van der Waals surface area (Å²) in [5, 5.41) is 3.23. The van der Waals surface area contributed by atoms with Crippen LogP contribution >= 0.6 is 0 Å². The van der Waals surface area contributed by atoms with E-state index in [1.807, 2.05) is 19.1 Å². The number of aryl methyl sites for hydroxylation is 2. The second-order valence-corrected chi connectivity index (χ2v) is 9.67. The zero-order valence-corrected chi connectivity index (χ0v) is 18.2. The molecule has 3 heterocycles. The number of sulfonamides is 1. The molecule has 0 radical (unpaired) electrons. The number of rotatable bonds is 5. The second kappa shape index (κ2) is 8.68. The summed E-state index contributed by atoms with van der Waals surface area (Å²) in [4.78, 5) is 13.0. The molecule has 0 amide bonds. The van der Waals surface area contributed by atoms with Crippen LogP contribution in [-0.4, -0.2) is 40.8 Å². The van der Waals surface area contributed by atoms with E-state index >= 15 is 0 Å². The summed E-state index contributed by atoms with van der Waals surface area (Å²) in [6.07, 6.45) is 6.17. The molecule has 7 nitrogen and oxygen atoms in total. The molecule has 0 atom stereocenters. The molecule has 162 valence electrons. The third-order valence-electron chi connectivity index (χ3n) is 5.46. The van der Waals surface area contributed by atoms with Gasteiger partial charge in [-0.25, -0.2) is 17.8 Å². The van der Waals surface area contributed by atoms with Crippen LogP contribution in [0.2, 0.25) is 0 Å². The Balaban J connectivity index is 1.48. The van der Waals surface area contributed by atoms with Crippen molar-refractivity contribution in [3.05, 3.63) is 71.7 Å². The van der Waals surface area contributed by atoms with Crippen LogP contribution in [0.15, 0.2) is 53.8 Å². The van der Waals surface area contributed by atoms with Gasteiger partial charge in [0.15, 0.2) is 0 Å². The molecule has 1 N–H and O–H groups in total. The smallest absolute Gasteiger partial charge is 0.243 e. The highest BCUT2D eigenvalue weighted by molar-refractivity contribution is 7.89. The molecule has 1 fully saturated rings. The molecule has 0 unspecified atom stereocenters. The van der Waals surface area contributed by atoms with Gasteiger partial charge in [0.25, 0.3) is 0 Å². The third-order valence-corrected chi connectivity index (χ3v) is 7.36. The Morgan fingerprint density at radius 1 is 1.10 bits per heavy atom. The molecule has 0 aliphatic carbocycles. The van der Waals surface area contributed by atoms with Gasteiger partial charge in [0.1, 0.15) is 11.6 Å². The van der Waals surface area contributed by atoms with Gasteiger partial charge in [0, 0.05) is 48.5 Å². The van der Waals surface area contributed by atoms with Gasteiger partial charge in [0.2, 0.25) is 10.0 Å². The summed E-state index contributed by atoms with van der Waals surface area (Å²) < 4.78 is 41.2. The number of piperidine rings is 1. The minimum atomic E-state index is -3.72. The minimum Gasteiger partial charge on any atom is -0.339 e. The summed E-state index contributed by atoms with van der Waals surface area (Å²) in [5.41, 5.74) is 3.08. The topological polar surface area (TPSA) is 88.1 Å². The Morgan fingerprint density at radius 2 is 1.87 bits per heavy atom. The van der Waals surface area contributed by atoms with Crippen molar-refractivity contribution in [2.45, 2.75) is 37.5 Å². The first-order valence-electron chi connectivity index (χ1n) is 10.1. The molecule has 3 aromatic rings. The van der Waals surface area contributed by atoms with Crippen LogP contribution in [0.1, 0.15) is 35.7 Å². The maximum absolute atomic E-state index is 13.9. The zero-order chi connectivity index (χ0) is 22.0. The lowest BCUT2D eigenvalue weighted by atomic mass is 9.93. The van der Waals surface area contributed by atoms with Crippen molar-refractivity contribution >= 4 is 21.5 Å². The van der Waals surface area contributed by atoms with E-state index in [-0.39, 0.29) is 10.8 Å². The summed E-state index contributed by atoms with van der Waals surface area (Å²) >= 11 is 0. The van der Waals surface area contributed by atoms with Crippen LogP contribution in [0, 0.1) is 19.7 Å². The van der Waals surface area contributed by atoms with Crippen molar-refractivity contribution in [1.82, 2.24) is 19.3 Å². The van der Waals surface area contributed by atoms with E-state index in [2.05, 4.69) is 20.3 Å². The van der Waals surface area contributed by atoms with Crippen LogP contribution in [-0.2, 0) is 10.0 Å². The number of hydrogen-bond donors (Lipinski definition) is 1. The van der Waals surface area contributed by atoms with Crippen molar-refractivity contribution in [2.24, 2.45) is 0 Å². The Kier molecular flexibility index (Phi) is 5.97. The normalized spacial score (nSPS) is 15.7. The molecule has 1 aromatic carbocycles. The van der Waals surface area contributed by atoms with Crippen LogP contribution in [0.4, 0.5) is 15.9 Å². The molecule has 0 bridgehead atoms. The van der Waals surface area contributed by atoms with Gasteiger partial charge < -0.3 is 5.32 Å². The number of nitrogens with zero attached hydrogens (tertiary/aromatic N) is 4. The van der Waals surface area contributed by atoms with E-state index in [0.717, 1.165) is 23.1 Å². The van der Waals surface area contributed by atoms with Crippen molar-refractivity contribution in [3.8, 4) is 0 Å². The predicted molar refractivity (Wildman–Crippen MR) is 116 cm³/mol.